The summed E-state index contributed by atoms with van der Waals surface area (Å²) in [5.74, 6) is -12.2. The van der Waals surface area contributed by atoms with Gasteiger partial charge in [0.05, 0.1) is 6.61 Å². The third-order valence-corrected chi connectivity index (χ3v) is 3.74. The lowest BCUT2D eigenvalue weighted by molar-refractivity contribution is -0.336. The van der Waals surface area contributed by atoms with Crippen molar-refractivity contribution in [3.63, 3.8) is 0 Å². The second-order valence-corrected chi connectivity index (χ2v) is 6.45. The molecule has 0 saturated heterocycles. The van der Waals surface area contributed by atoms with Crippen molar-refractivity contribution >= 4 is 11.8 Å². The van der Waals surface area contributed by atoms with Crippen LogP contribution in [-0.2, 0) is 4.74 Å². The van der Waals surface area contributed by atoms with Gasteiger partial charge >= 0.3 is 24.1 Å². The standard InChI is InChI=1S/C13H17F7N2O3/c1-5-25-8(23)22-10(24,9(2,3)4)6-7(21-22)11(14,15)12(16,17)13(18,19)20/h24H,5-6H2,1-4H3/t10-/m0/s1. The van der Waals surface area contributed by atoms with Crippen LogP contribution in [0.3, 0.4) is 0 Å². The maximum absolute atomic E-state index is 13.9. The van der Waals surface area contributed by atoms with Crippen molar-refractivity contribution in [2.24, 2.45) is 10.5 Å². The lowest BCUT2D eigenvalue weighted by Crippen LogP contribution is -2.58. The minimum absolute atomic E-state index is 0.0216. The summed E-state index contributed by atoms with van der Waals surface area (Å²) in [5, 5.41) is 13.4. The summed E-state index contributed by atoms with van der Waals surface area (Å²) in [6.45, 7) is 4.85. The van der Waals surface area contributed by atoms with Gasteiger partial charge in [-0.1, -0.05) is 20.8 Å². The average Bonchev–Trinajstić information content (AvgIpc) is 2.77. The highest BCUT2D eigenvalue weighted by Crippen LogP contribution is 2.51. The van der Waals surface area contributed by atoms with Gasteiger partial charge in [0.15, 0.2) is 5.72 Å². The van der Waals surface area contributed by atoms with Crippen molar-refractivity contribution in [3.8, 4) is 0 Å². The van der Waals surface area contributed by atoms with Crippen molar-refractivity contribution in [1.82, 2.24) is 5.01 Å². The van der Waals surface area contributed by atoms with Gasteiger partial charge in [0, 0.05) is 11.8 Å². The van der Waals surface area contributed by atoms with Gasteiger partial charge < -0.3 is 9.84 Å². The van der Waals surface area contributed by atoms with E-state index in [1.54, 1.807) is 0 Å². The first-order chi connectivity index (χ1) is 10.9. The van der Waals surface area contributed by atoms with Crippen molar-refractivity contribution in [2.45, 2.75) is 57.9 Å². The van der Waals surface area contributed by atoms with E-state index in [0.717, 1.165) is 0 Å². The van der Waals surface area contributed by atoms with E-state index >= 15 is 0 Å². The van der Waals surface area contributed by atoms with E-state index in [9.17, 15) is 40.6 Å². The number of alkyl halides is 7. The second kappa shape index (κ2) is 5.99. The molecule has 1 amide bonds. The summed E-state index contributed by atoms with van der Waals surface area (Å²) in [5.41, 5.74) is -5.98. The van der Waals surface area contributed by atoms with Crippen LogP contribution in [0.4, 0.5) is 35.5 Å². The fraction of sp³-hybridized carbons (Fsp3) is 0.846. The highest BCUT2D eigenvalue weighted by molar-refractivity contribution is 5.96. The van der Waals surface area contributed by atoms with Crippen molar-refractivity contribution in [2.75, 3.05) is 6.61 Å². The molecule has 1 aliphatic heterocycles. The molecular formula is C13H17F7N2O3. The molecule has 1 heterocycles. The van der Waals surface area contributed by atoms with Crippen LogP contribution in [0.25, 0.3) is 0 Å². The monoisotopic (exact) mass is 382 g/mol. The third-order valence-electron chi connectivity index (χ3n) is 3.74. The van der Waals surface area contributed by atoms with Crippen molar-refractivity contribution < 1.29 is 45.4 Å². The zero-order valence-electron chi connectivity index (χ0n) is 13.7. The molecule has 1 N–H and O–H groups in total. The Morgan fingerprint density at radius 1 is 1.20 bits per heavy atom. The Balaban J connectivity index is 3.43. The summed E-state index contributed by atoms with van der Waals surface area (Å²) >= 11 is 0. The molecular weight excluding hydrogens is 365 g/mol. The summed E-state index contributed by atoms with van der Waals surface area (Å²) in [6.07, 6.45) is -9.43. The first kappa shape index (κ1) is 21.5. The van der Waals surface area contributed by atoms with E-state index in [2.05, 4.69) is 9.84 Å². The number of nitrogens with zero attached hydrogens (tertiary/aromatic N) is 2. The van der Waals surface area contributed by atoms with Crippen LogP contribution < -0.4 is 0 Å². The van der Waals surface area contributed by atoms with E-state index in [1.807, 2.05) is 0 Å². The molecule has 1 rings (SSSR count). The molecule has 12 heteroatoms. The quantitative estimate of drug-likeness (QED) is 0.756. The second-order valence-electron chi connectivity index (χ2n) is 6.45. The fourth-order valence-corrected chi connectivity index (χ4v) is 2.04. The normalized spacial score (nSPS) is 22.9. The van der Waals surface area contributed by atoms with Crippen LogP contribution in [0.1, 0.15) is 34.1 Å². The van der Waals surface area contributed by atoms with E-state index in [4.69, 9.17) is 0 Å². The molecule has 0 aliphatic carbocycles. The Morgan fingerprint density at radius 3 is 2.04 bits per heavy atom. The first-order valence-corrected chi connectivity index (χ1v) is 7.03. The van der Waals surface area contributed by atoms with Gasteiger partial charge in [-0.3, -0.25) is 0 Å². The largest absolute Gasteiger partial charge is 0.460 e. The third kappa shape index (κ3) is 3.27. The highest BCUT2D eigenvalue weighted by Gasteiger charge is 2.76. The number of amides is 1. The van der Waals surface area contributed by atoms with Crippen LogP contribution >= 0.6 is 0 Å². The van der Waals surface area contributed by atoms with Crippen LogP contribution in [0, 0.1) is 5.41 Å². The smallest absolute Gasteiger partial charge is 0.448 e. The van der Waals surface area contributed by atoms with E-state index < -0.39 is 47.4 Å². The Morgan fingerprint density at radius 2 is 1.68 bits per heavy atom. The zero-order valence-corrected chi connectivity index (χ0v) is 13.7. The Hall–Kier alpha value is -1.59. The molecule has 0 spiro atoms. The fourth-order valence-electron chi connectivity index (χ4n) is 2.04. The molecule has 25 heavy (non-hydrogen) atoms. The van der Waals surface area contributed by atoms with Gasteiger partial charge in [-0.05, 0) is 6.92 Å². The molecule has 0 aromatic heterocycles. The number of hydrazone groups is 1. The van der Waals surface area contributed by atoms with Crippen LogP contribution in [0.15, 0.2) is 5.10 Å². The minimum atomic E-state index is -6.56. The zero-order chi connectivity index (χ0) is 20.1. The van der Waals surface area contributed by atoms with Gasteiger partial charge in [0.1, 0.15) is 5.71 Å². The topological polar surface area (TPSA) is 62.1 Å². The predicted molar refractivity (Wildman–Crippen MR) is 71.3 cm³/mol. The Kier molecular flexibility index (Phi) is 5.14. The number of ether oxygens (including phenoxy) is 1. The molecule has 0 unspecified atom stereocenters. The van der Waals surface area contributed by atoms with Gasteiger partial charge in [0.25, 0.3) is 0 Å². The highest BCUT2D eigenvalue weighted by atomic mass is 19.4. The van der Waals surface area contributed by atoms with Gasteiger partial charge in [0.2, 0.25) is 0 Å². The number of rotatable bonds is 3. The lowest BCUT2D eigenvalue weighted by atomic mass is 9.79. The van der Waals surface area contributed by atoms with Crippen LogP contribution in [0.5, 0.6) is 0 Å². The maximum Gasteiger partial charge on any atom is 0.460 e. The van der Waals surface area contributed by atoms with Crippen molar-refractivity contribution in [3.05, 3.63) is 0 Å². The average molecular weight is 382 g/mol. The molecule has 0 bridgehead atoms. The Labute approximate surface area is 138 Å². The summed E-state index contributed by atoms with van der Waals surface area (Å²) < 4.78 is 95.7. The summed E-state index contributed by atoms with van der Waals surface area (Å²) in [4.78, 5) is 11.8. The summed E-state index contributed by atoms with van der Waals surface area (Å²) in [6, 6.07) is 0. The minimum Gasteiger partial charge on any atom is -0.448 e. The van der Waals surface area contributed by atoms with E-state index in [1.165, 1.54) is 27.7 Å². The van der Waals surface area contributed by atoms with Gasteiger partial charge in [-0.25, -0.2) is 4.79 Å². The number of hydrogen-bond acceptors (Lipinski definition) is 4. The van der Waals surface area contributed by atoms with Gasteiger partial charge in [-0.15, -0.1) is 0 Å². The number of hydrogen-bond donors (Lipinski definition) is 1. The number of carbonyl (C=O) groups excluding carboxylic acids is 1. The SMILES string of the molecule is CCOC(=O)N1N=C(C(F)(F)C(F)(F)C(F)(F)F)C[C@]1(O)C(C)(C)C. The number of aliphatic hydroxyl groups is 1. The van der Waals surface area contributed by atoms with Crippen LogP contribution in [-0.4, -0.2) is 52.3 Å². The molecule has 1 aliphatic rings. The number of carbonyl (C=O) groups is 1. The molecule has 0 saturated carbocycles. The Bertz CT molecular complexity index is 569. The maximum atomic E-state index is 13.9. The first-order valence-electron chi connectivity index (χ1n) is 7.03. The molecule has 5 nitrogen and oxygen atoms in total. The molecule has 0 aromatic carbocycles. The molecule has 0 aromatic rings. The molecule has 0 radical (unpaired) electrons. The van der Waals surface area contributed by atoms with Crippen molar-refractivity contribution in [1.29, 1.82) is 0 Å². The van der Waals surface area contributed by atoms with E-state index in [0.29, 0.717) is 0 Å². The summed E-state index contributed by atoms with van der Waals surface area (Å²) in [7, 11) is 0. The molecule has 146 valence electrons. The molecule has 1 atom stereocenters. The molecule has 0 fully saturated rings. The predicted octanol–water partition coefficient (Wildman–Crippen LogP) is 3.77. The van der Waals surface area contributed by atoms with E-state index in [-0.39, 0.29) is 11.6 Å². The van der Waals surface area contributed by atoms with Crippen LogP contribution in [0.2, 0.25) is 0 Å². The van der Waals surface area contributed by atoms with Gasteiger partial charge in [-0.2, -0.15) is 40.8 Å². The lowest BCUT2D eigenvalue weighted by Gasteiger charge is -2.41. The number of halogens is 7.